The zero-order chi connectivity index (χ0) is 10.9. The minimum absolute atomic E-state index is 0. The Bertz CT molecular complexity index is 436. The molecule has 0 aliphatic heterocycles. The molecule has 0 atom stereocenters. The van der Waals surface area contributed by atoms with Crippen LogP contribution < -0.4 is 34.3 Å². The molecule has 0 heterocycles. The minimum Gasteiger partial charge on any atom is -0.744 e. The van der Waals surface area contributed by atoms with Gasteiger partial charge >= 0.3 is 29.6 Å². The zero-order valence-corrected chi connectivity index (χ0v) is 11.9. The van der Waals surface area contributed by atoms with Crippen LogP contribution in [0.15, 0.2) is 29.2 Å². The second-order valence-corrected chi connectivity index (χ2v) is 5.06. The Morgan fingerprint density at radius 3 is 2.25 bits per heavy atom. The van der Waals surface area contributed by atoms with Gasteiger partial charge in [-0.1, -0.05) is 0 Å². The molecule has 0 amide bonds. The minimum atomic E-state index is -4.34. The van der Waals surface area contributed by atoms with Crippen molar-refractivity contribution in [3.8, 4) is 5.75 Å². The van der Waals surface area contributed by atoms with Crippen LogP contribution in [0.5, 0.6) is 5.75 Å². The Labute approximate surface area is 117 Å². The van der Waals surface area contributed by atoms with Crippen LogP contribution in [0, 0.1) is 5.92 Å². The van der Waals surface area contributed by atoms with E-state index in [0.29, 0.717) is 18.3 Å². The summed E-state index contributed by atoms with van der Waals surface area (Å²) >= 11 is 0. The van der Waals surface area contributed by atoms with Crippen LogP contribution in [-0.4, -0.2) is 19.6 Å². The molecule has 1 aromatic rings. The van der Waals surface area contributed by atoms with Gasteiger partial charge in [0, 0.05) is 0 Å². The first-order valence-corrected chi connectivity index (χ1v) is 6.15. The van der Waals surface area contributed by atoms with Gasteiger partial charge in [-0.3, -0.25) is 0 Å². The predicted molar refractivity (Wildman–Crippen MR) is 52.6 cm³/mol. The molecular weight excluding hydrogens is 239 g/mol. The van der Waals surface area contributed by atoms with Crippen molar-refractivity contribution in [3.63, 3.8) is 0 Å². The molecule has 0 saturated heterocycles. The molecule has 0 aromatic heterocycles. The smallest absolute Gasteiger partial charge is 0.744 e. The average molecular weight is 250 g/mol. The van der Waals surface area contributed by atoms with E-state index in [1.807, 2.05) is 0 Å². The fourth-order valence-electron chi connectivity index (χ4n) is 1.20. The van der Waals surface area contributed by atoms with E-state index in [4.69, 9.17) is 4.74 Å². The van der Waals surface area contributed by atoms with Crippen molar-refractivity contribution in [1.82, 2.24) is 0 Å². The maximum absolute atomic E-state index is 10.6. The first kappa shape index (κ1) is 14.0. The summed E-state index contributed by atoms with van der Waals surface area (Å²) < 4.78 is 37.3. The Balaban J connectivity index is 0.00000128. The standard InChI is InChI=1S/C10H12O4S.Na/c11-15(12,13)10-5-3-9(4-6-10)14-7-8-1-2-8;/h3-6,8H,1-2,7H2,(H,11,12,13);/q;+1/p-1. The molecule has 1 saturated carbocycles. The number of hydrogen-bond acceptors (Lipinski definition) is 4. The third kappa shape index (κ3) is 4.07. The first-order valence-electron chi connectivity index (χ1n) is 4.74. The predicted octanol–water partition coefficient (Wildman–Crippen LogP) is -1.62. The third-order valence-electron chi connectivity index (χ3n) is 2.30. The molecule has 0 bridgehead atoms. The van der Waals surface area contributed by atoms with Gasteiger partial charge < -0.3 is 9.29 Å². The van der Waals surface area contributed by atoms with Gasteiger partial charge in [0.1, 0.15) is 15.9 Å². The number of benzene rings is 1. The largest absolute Gasteiger partial charge is 1.00 e. The van der Waals surface area contributed by atoms with Crippen molar-refractivity contribution in [2.45, 2.75) is 17.7 Å². The van der Waals surface area contributed by atoms with E-state index in [-0.39, 0.29) is 34.5 Å². The van der Waals surface area contributed by atoms with E-state index < -0.39 is 10.1 Å². The molecule has 0 unspecified atom stereocenters. The molecule has 82 valence electrons. The Morgan fingerprint density at radius 1 is 1.25 bits per heavy atom. The summed E-state index contributed by atoms with van der Waals surface area (Å²) in [4.78, 5) is -0.221. The van der Waals surface area contributed by atoms with Crippen LogP contribution in [0.1, 0.15) is 12.8 Å². The molecule has 2 rings (SSSR count). The van der Waals surface area contributed by atoms with Crippen molar-refractivity contribution < 1.29 is 47.3 Å². The second-order valence-electron chi connectivity index (χ2n) is 3.68. The van der Waals surface area contributed by atoms with E-state index in [2.05, 4.69) is 0 Å². The van der Waals surface area contributed by atoms with Gasteiger partial charge in [0.05, 0.1) is 11.5 Å². The van der Waals surface area contributed by atoms with Crippen molar-refractivity contribution in [2.24, 2.45) is 5.92 Å². The zero-order valence-electron chi connectivity index (χ0n) is 9.05. The van der Waals surface area contributed by atoms with E-state index in [9.17, 15) is 13.0 Å². The number of hydrogen-bond donors (Lipinski definition) is 0. The van der Waals surface area contributed by atoms with Crippen molar-refractivity contribution in [3.05, 3.63) is 24.3 Å². The monoisotopic (exact) mass is 250 g/mol. The molecule has 1 aromatic carbocycles. The SMILES string of the molecule is O=S(=O)([O-])c1ccc(OCC2CC2)cc1.[Na+]. The molecule has 1 aliphatic rings. The number of rotatable bonds is 4. The van der Waals surface area contributed by atoms with Crippen LogP contribution >= 0.6 is 0 Å². The van der Waals surface area contributed by atoms with Gasteiger partial charge in [-0.05, 0) is 43.0 Å². The van der Waals surface area contributed by atoms with Crippen molar-refractivity contribution in [1.29, 1.82) is 0 Å². The molecule has 1 aliphatic carbocycles. The van der Waals surface area contributed by atoms with Crippen LogP contribution in [0.3, 0.4) is 0 Å². The first-order chi connectivity index (χ1) is 7.05. The Hall–Kier alpha value is -0.0700. The molecule has 16 heavy (non-hydrogen) atoms. The summed E-state index contributed by atoms with van der Waals surface area (Å²) in [6.07, 6.45) is 2.40. The van der Waals surface area contributed by atoms with E-state index in [1.165, 1.54) is 37.1 Å². The molecule has 1 fully saturated rings. The van der Waals surface area contributed by atoms with E-state index in [0.717, 1.165) is 0 Å². The van der Waals surface area contributed by atoms with Gasteiger partial charge in [0.25, 0.3) is 0 Å². The van der Waals surface area contributed by atoms with Gasteiger partial charge in [-0.25, -0.2) is 8.42 Å². The summed E-state index contributed by atoms with van der Waals surface area (Å²) in [6, 6.07) is 5.55. The fourth-order valence-corrected chi connectivity index (χ4v) is 1.67. The maximum atomic E-state index is 10.6. The van der Waals surface area contributed by atoms with Gasteiger partial charge in [-0.2, -0.15) is 0 Å². The third-order valence-corrected chi connectivity index (χ3v) is 3.14. The maximum Gasteiger partial charge on any atom is 1.00 e. The van der Waals surface area contributed by atoms with Crippen LogP contribution in [0.25, 0.3) is 0 Å². The van der Waals surface area contributed by atoms with Gasteiger partial charge in [0.2, 0.25) is 0 Å². The van der Waals surface area contributed by atoms with Crippen LogP contribution in [0.4, 0.5) is 0 Å². The summed E-state index contributed by atoms with van der Waals surface area (Å²) in [5.74, 6) is 1.25. The number of ether oxygens (including phenoxy) is 1. The summed E-state index contributed by atoms with van der Waals surface area (Å²) in [5.41, 5.74) is 0. The molecule has 0 N–H and O–H groups in total. The van der Waals surface area contributed by atoms with E-state index >= 15 is 0 Å². The normalized spacial score (nSPS) is 15.3. The Kier molecular flexibility index (Phi) is 4.82. The van der Waals surface area contributed by atoms with Crippen molar-refractivity contribution >= 4 is 10.1 Å². The summed E-state index contributed by atoms with van der Waals surface area (Å²) in [7, 11) is -4.34. The fraction of sp³-hybridized carbons (Fsp3) is 0.400. The summed E-state index contributed by atoms with van der Waals surface area (Å²) in [5, 5.41) is 0. The van der Waals surface area contributed by atoms with Crippen LogP contribution in [0.2, 0.25) is 0 Å². The Morgan fingerprint density at radius 2 is 1.81 bits per heavy atom. The average Bonchev–Trinajstić information content (AvgIpc) is 2.97. The van der Waals surface area contributed by atoms with Gasteiger partial charge in [0.15, 0.2) is 0 Å². The van der Waals surface area contributed by atoms with Crippen molar-refractivity contribution in [2.75, 3.05) is 6.61 Å². The molecule has 6 heteroatoms. The second kappa shape index (κ2) is 5.51. The van der Waals surface area contributed by atoms with Crippen LogP contribution in [-0.2, 0) is 10.1 Å². The molecule has 0 spiro atoms. The van der Waals surface area contributed by atoms with E-state index in [1.54, 1.807) is 0 Å². The quantitative estimate of drug-likeness (QED) is 0.476. The molecular formula is C10H11NaO4S. The molecule has 0 radical (unpaired) electrons. The van der Waals surface area contributed by atoms with Gasteiger partial charge in [-0.15, -0.1) is 0 Å². The topological polar surface area (TPSA) is 66.4 Å². The molecule has 4 nitrogen and oxygen atoms in total. The summed E-state index contributed by atoms with van der Waals surface area (Å²) in [6.45, 7) is 0.670.